The molecule has 0 aliphatic carbocycles. The lowest BCUT2D eigenvalue weighted by Crippen LogP contribution is -2.12. The number of benzene rings is 1. The molecule has 0 spiro atoms. The smallest absolute Gasteiger partial charge is 0.271 e. The van der Waals surface area contributed by atoms with Crippen LogP contribution >= 0.6 is 11.3 Å². The van der Waals surface area contributed by atoms with Crippen molar-refractivity contribution in [2.75, 3.05) is 11.3 Å². The molecule has 7 heteroatoms. The van der Waals surface area contributed by atoms with Gasteiger partial charge < -0.3 is 4.74 Å². The van der Waals surface area contributed by atoms with E-state index in [0.29, 0.717) is 11.4 Å². The first-order valence-corrected chi connectivity index (χ1v) is 8.57. The van der Waals surface area contributed by atoms with Crippen LogP contribution in [0.2, 0.25) is 0 Å². The van der Waals surface area contributed by atoms with Crippen LogP contribution in [0.4, 0.5) is 5.69 Å². The quantitative estimate of drug-likeness (QED) is 0.886. The molecule has 0 aliphatic heterocycles. The molecule has 1 heterocycles. The van der Waals surface area contributed by atoms with E-state index in [4.69, 9.17) is 10.00 Å². The van der Waals surface area contributed by atoms with Crippen molar-refractivity contribution in [3.63, 3.8) is 0 Å². The summed E-state index contributed by atoms with van der Waals surface area (Å²) >= 11 is 1.24. The Kier molecular flexibility index (Phi) is 4.83. The van der Waals surface area contributed by atoms with Crippen molar-refractivity contribution >= 4 is 27.0 Å². The molecule has 21 heavy (non-hydrogen) atoms. The van der Waals surface area contributed by atoms with Crippen LogP contribution in [-0.2, 0) is 16.4 Å². The van der Waals surface area contributed by atoms with Gasteiger partial charge >= 0.3 is 0 Å². The predicted octanol–water partition coefficient (Wildman–Crippen LogP) is 3.01. The lowest BCUT2D eigenvalue weighted by Gasteiger charge is -2.11. The number of sulfonamides is 1. The first-order valence-electron chi connectivity index (χ1n) is 6.27. The lowest BCUT2D eigenvalue weighted by molar-refractivity contribution is 0.370. The number of rotatable bonds is 6. The molecule has 1 aromatic carbocycles. The Balaban J connectivity index is 2.26. The predicted molar refractivity (Wildman–Crippen MR) is 82.1 cm³/mol. The first-order chi connectivity index (χ1) is 10.1. The molecule has 1 N–H and O–H groups in total. The molecule has 0 saturated carbocycles. The van der Waals surface area contributed by atoms with Gasteiger partial charge in [-0.25, -0.2) is 8.42 Å². The largest absolute Gasteiger partial charge is 0.477 e. The van der Waals surface area contributed by atoms with Gasteiger partial charge in [-0.05, 0) is 30.7 Å². The van der Waals surface area contributed by atoms with Gasteiger partial charge in [0.1, 0.15) is 16.0 Å². The fourth-order valence-electron chi connectivity index (χ4n) is 1.67. The van der Waals surface area contributed by atoms with Crippen LogP contribution in [0, 0.1) is 11.3 Å². The van der Waals surface area contributed by atoms with Gasteiger partial charge in [0, 0.05) is 4.88 Å². The molecule has 0 aliphatic rings. The van der Waals surface area contributed by atoms with Gasteiger partial charge in [0.2, 0.25) is 0 Å². The monoisotopic (exact) mass is 322 g/mol. The third-order valence-electron chi connectivity index (χ3n) is 2.67. The van der Waals surface area contributed by atoms with E-state index in [-0.39, 0.29) is 10.8 Å². The molecular weight excluding hydrogens is 308 g/mol. The summed E-state index contributed by atoms with van der Waals surface area (Å²) in [5.41, 5.74) is 0.319. The Morgan fingerprint density at radius 2 is 2.05 bits per heavy atom. The number of nitriles is 1. The molecule has 0 saturated heterocycles. The molecular formula is C14H14N2O3S2. The molecule has 0 amide bonds. The molecule has 2 rings (SSSR count). The second-order valence-electron chi connectivity index (χ2n) is 4.12. The van der Waals surface area contributed by atoms with Gasteiger partial charge in [-0.1, -0.05) is 19.1 Å². The Hall–Kier alpha value is -2.04. The number of ether oxygens (including phenoxy) is 1. The van der Waals surface area contributed by atoms with Gasteiger partial charge in [0.25, 0.3) is 10.0 Å². The average molecular weight is 322 g/mol. The van der Waals surface area contributed by atoms with Crippen molar-refractivity contribution in [3.05, 3.63) is 41.3 Å². The SMILES string of the molecule is CCc1ccc(S(=O)(=O)Nc2ccccc2OCC#N)s1. The number of nitrogens with one attached hydrogen (secondary N) is 1. The Morgan fingerprint density at radius 1 is 1.29 bits per heavy atom. The van der Waals surface area contributed by atoms with Crippen LogP contribution in [0.1, 0.15) is 11.8 Å². The Bertz CT molecular complexity index is 761. The fraction of sp³-hybridized carbons (Fsp3) is 0.214. The molecule has 0 fully saturated rings. The standard InChI is InChI=1S/C14H14N2O3S2/c1-2-11-7-8-14(20-11)21(17,18)16-12-5-3-4-6-13(12)19-10-9-15/h3-8,16H,2,10H2,1H3. The highest BCUT2D eigenvalue weighted by Crippen LogP contribution is 2.29. The minimum Gasteiger partial charge on any atom is -0.477 e. The van der Waals surface area contributed by atoms with Crippen LogP contribution in [0.3, 0.4) is 0 Å². The number of hydrogen-bond donors (Lipinski definition) is 1. The van der Waals surface area contributed by atoms with E-state index in [2.05, 4.69) is 4.72 Å². The van der Waals surface area contributed by atoms with Crippen molar-refractivity contribution in [2.24, 2.45) is 0 Å². The molecule has 0 radical (unpaired) electrons. The molecule has 2 aromatic rings. The average Bonchev–Trinajstić information content (AvgIpc) is 2.96. The summed E-state index contributed by atoms with van der Waals surface area (Å²) in [4.78, 5) is 1.00. The molecule has 0 unspecified atom stereocenters. The maximum absolute atomic E-state index is 12.3. The van der Waals surface area contributed by atoms with Gasteiger partial charge in [-0.2, -0.15) is 5.26 Å². The summed E-state index contributed by atoms with van der Waals surface area (Å²) in [5, 5.41) is 8.55. The summed E-state index contributed by atoms with van der Waals surface area (Å²) in [6, 6.07) is 11.9. The van der Waals surface area contributed by atoms with Crippen LogP contribution in [0.15, 0.2) is 40.6 Å². The zero-order chi connectivity index (χ0) is 15.3. The summed E-state index contributed by atoms with van der Waals surface area (Å²) in [6.07, 6.45) is 0.794. The summed E-state index contributed by atoms with van der Waals surface area (Å²) in [5.74, 6) is 0.329. The number of para-hydroxylation sites is 2. The minimum absolute atomic E-state index is 0.141. The molecule has 0 bridgehead atoms. The van der Waals surface area contributed by atoms with Crippen molar-refractivity contribution in [1.82, 2.24) is 0 Å². The Labute approximate surface area is 127 Å². The van der Waals surface area contributed by atoms with E-state index in [1.54, 1.807) is 36.4 Å². The van der Waals surface area contributed by atoms with Crippen molar-refractivity contribution in [3.8, 4) is 11.8 Å². The van der Waals surface area contributed by atoms with Crippen molar-refractivity contribution < 1.29 is 13.2 Å². The fourth-order valence-corrected chi connectivity index (χ4v) is 4.04. The summed E-state index contributed by atoms with van der Waals surface area (Å²) in [7, 11) is -3.64. The summed E-state index contributed by atoms with van der Waals surface area (Å²) < 4.78 is 32.6. The number of anilines is 1. The Morgan fingerprint density at radius 3 is 2.71 bits per heavy atom. The first kappa shape index (κ1) is 15.4. The van der Waals surface area contributed by atoms with E-state index < -0.39 is 10.0 Å². The van der Waals surface area contributed by atoms with Crippen LogP contribution in [0.5, 0.6) is 5.75 Å². The zero-order valence-electron chi connectivity index (χ0n) is 11.4. The molecule has 110 valence electrons. The molecule has 5 nitrogen and oxygen atoms in total. The second kappa shape index (κ2) is 6.61. The van der Waals surface area contributed by atoms with E-state index in [1.807, 2.05) is 13.0 Å². The third-order valence-corrected chi connectivity index (χ3v) is 5.76. The van der Waals surface area contributed by atoms with Crippen LogP contribution < -0.4 is 9.46 Å². The highest BCUT2D eigenvalue weighted by atomic mass is 32.2. The minimum atomic E-state index is -3.64. The van der Waals surface area contributed by atoms with Crippen molar-refractivity contribution in [2.45, 2.75) is 17.6 Å². The lowest BCUT2D eigenvalue weighted by atomic mass is 10.3. The number of hydrogen-bond acceptors (Lipinski definition) is 5. The van der Waals surface area contributed by atoms with Gasteiger partial charge in [0.15, 0.2) is 6.61 Å². The van der Waals surface area contributed by atoms with E-state index >= 15 is 0 Å². The zero-order valence-corrected chi connectivity index (χ0v) is 13.0. The van der Waals surface area contributed by atoms with E-state index in [0.717, 1.165) is 11.3 Å². The maximum Gasteiger partial charge on any atom is 0.271 e. The number of nitrogens with zero attached hydrogens (tertiary/aromatic N) is 1. The highest BCUT2D eigenvalue weighted by Gasteiger charge is 2.18. The second-order valence-corrected chi connectivity index (χ2v) is 7.20. The van der Waals surface area contributed by atoms with Crippen LogP contribution in [-0.4, -0.2) is 15.0 Å². The number of aryl methyl sites for hydroxylation is 1. The van der Waals surface area contributed by atoms with Crippen molar-refractivity contribution in [1.29, 1.82) is 5.26 Å². The normalized spacial score (nSPS) is 10.9. The summed E-state index contributed by atoms with van der Waals surface area (Å²) in [6.45, 7) is 1.83. The highest BCUT2D eigenvalue weighted by molar-refractivity contribution is 7.94. The number of thiophene rings is 1. The molecule has 1 aromatic heterocycles. The van der Waals surface area contributed by atoms with Gasteiger partial charge in [-0.15, -0.1) is 11.3 Å². The van der Waals surface area contributed by atoms with Gasteiger partial charge in [0.05, 0.1) is 5.69 Å². The van der Waals surface area contributed by atoms with E-state index in [9.17, 15) is 8.42 Å². The van der Waals surface area contributed by atoms with Gasteiger partial charge in [-0.3, -0.25) is 4.72 Å². The van der Waals surface area contributed by atoms with E-state index in [1.165, 1.54) is 11.3 Å². The topological polar surface area (TPSA) is 79.2 Å². The third kappa shape index (κ3) is 3.74. The van der Waals surface area contributed by atoms with Crippen LogP contribution in [0.25, 0.3) is 0 Å². The maximum atomic E-state index is 12.3. The molecule has 0 atom stereocenters.